The first kappa shape index (κ1) is 9.71. The van der Waals surface area contributed by atoms with Crippen molar-refractivity contribution < 1.29 is 9.53 Å². The predicted molar refractivity (Wildman–Crippen MR) is 56.9 cm³/mol. The maximum absolute atomic E-state index is 11.2. The molecule has 1 heterocycles. The summed E-state index contributed by atoms with van der Waals surface area (Å²) in [6, 6.07) is 3.93. The van der Waals surface area contributed by atoms with Crippen LogP contribution in [0.15, 0.2) is 12.1 Å². The summed E-state index contributed by atoms with van der Waals surface area (Å²) in [5.41, 5.74) is 3.98. The molecule has 15 heavy (non-hydrogen) atoms. The number of aromatic amines is 1. The zero-order valence-electron chi connectivity index (χ0n) is 8.92. The van der Waals surface area contributed by atoms with E-state index in [2.05, 4.69) is 14.7 Å². The van der Waals surface area contributed by atoms with Gasteiger partial charge in [-0.3, -0.25) is 0 Å². The number of aromatic nitrogens is 2. The molecule has 4 nitrogen and oxygen atoms in total. The molecule has 0 radical (unpaired) electrons. The zero-order valence-corrected chi connectivity index (χ0v) is 8.92. The molecule has 1 aromatic heterocycles. The largest absolute Gasteiger partial charge is 0.463 e. The quantitative estimate of drug-likeness (QED) is 0.722. The number of imidazole rings is 1. The van der Waals surface area contributed by atoms with Gasteiger partial charge in [0.15, 0.2) is 0 Å². The molecule has 0 saturated heterocycles. The number of rotatable bonds is 1. The van der Waals surface area contributed by atoms with Gasteiger partial charge in [-0.2, -0.15) is 0 Å². The highest BCUT2D eigenvalue weighted by Crippen LogP contribution is 2.17. The minimum Gasteiger partial charge on any atom is -0.463 e. The molecule has 0 bridgehead atoms. The van der Waals surface area contributed by atoms with Gasteiger partial charge in [0.1, 0.15) is 0 Å². The molecule has 0 fully saturated rings. The topological polar surface area (TPSA) is 55.0 Å². The third-order valence-electron chi connectivity index (χ3n) is 2.48. The maximum atomic E-state index is 11.2. The lowest BCUT2D eigenvalue weighted by Gasteiger charge is -1.97. The third kappa shape index (κ3) is 1.58. The van der Waals surface area contributed by atoms with Crippen molar-refractivity contribution in [2.75, 3.05) is 7.11 Å². The van der Waals surface area contributed by atoms with Crippen molar-refractivity contribution in [3.63, 3.8) is 0 Å². The Morgan fingerprint density at radius 1 is 1.33 bits per heavy atom. The molecule has 1 aromatic carbocycles. The number of carbonyl (C=O) groups is 1. The molecule has 0 amide bonds. The van der Waals surface area contributed by atoms with Crippen LogP contribution in [0.3, 0.4) is 0 Å². The Hall–Kier alpha value is -1.84. The normalized spacial score (nSPS) is 10.6. The Morgan fingerprint density at radius 3 is 2.67 bits per heavy atom. The van der Waals surface area contributed by atoms with Crippen LogP contribution in [-0.2, 0) is 4.74 Å². The van der Waals surface area contributed by atoms with Crippen molar-refractivity contribution in [3.05, 3.63) is 29.1 Å². The fraction of sp³-hybridized carbons (Fsp3) is 0.273. The second-order valence-corrected chi connectivity index (χ2v) is 3.53. The van der Waals surface area contributed by atoms with Gasteiger partial charge < -0.3 is 9.72 Å². The Bertz CT molecular complexity index is 490. The van der Waals surface area contributed by atoms with Crippen LogP contribution in [0.2, 0.25) is 0 Å². The summed E-state index contributed by atoms with van der Waals surface area (Å²) in [7, 11) is 1.34. The first-order valence-electron chi connectivity index (χ1n) is 4.67. The van der Waals surface area contributed by atoms with Crippen LogP contribution in [0.5, 0.6) is 0 Å². The number of aryl methyl sites for hydroxylation is 2. The van der Waals surface area contributed by atoms with Gasteiger partial charge >= 0.3 is 5.97 Å². The molecule has 0 saturated carbocycles. The fourth-order valence-electron chi connectivity index (χ4n) is 1.46. The minimum atomic E-state index is -0.443. The van der Waals surface area contributed by atoms with Gasteiger partial charge in [-0.1, -0.05) is 0 Å². The number of carbonyl (C=O) groups excluding carboxylic acids is 1. The standard InChI is InChI=1S/C11H12N2O2/c1-6-4-8-9(5-7(6)2)13-10(12-8)11(14)15-3/h4-5H,1-3H3,(H,12,13). The summed E-state index contributed by atoms with van der Waals surface area (Å²) in [5, 5.41) is 0. The number of benzene rings is 1. The summed E-state index contributed by atoms with van der Waals surface area (Å²) in [5.74, 6) is -0.195. The van der Waals surface area contributed by atoms with E-state index < -0.39 is 5.97 Å². The monoisotopic (exact) mass is 204 g/mol. The number of hydrogen-bond donors (Lipinski definition) is 1. The van der Waals surface area contributed by atoms with Gasteiger partial charge in [0.25, 0.3) is 0 Å². The van der Waals surface area contributed by atoms with Crippen LogP contribution in [0, 0.1) is 13.8 Å². The van der Waals surface area contributed by atoms with E-state index in [9.17, 15) is 4.79 Å². The van der Waals surface area contributed by atoms with Crippen LogP contribution >= 0.6 is 0 Å². The van der Waals surface area contributed by atoms with Crippen LogP contribution in [0.25, 0.3) is 11.0 Å². The number of fused-ring (bicyclic) bond motifs is 1. The van der Waals surface area contributed by atoms with E-state index in [1.165, 1.54) is 12.7 Å². The number of hydrogen-bond acceptors (Lipinski definition) is 3. The zero-order chi connectivity index (χ0) is 11.0. The molecule has 4 heteroatoms. The number of nitrogens with one attached hydrogen (secondary N) is 1. The van der Waals surface area contributed by atoms with Crippen molar-refractivity contribution in [1.29, 1.82) is 0 Å². The Labute approximate surface area is 87.3 Å². The first-order valence-corrected chi connectivity index (χ1v) is 4.67. The lowest BCUT2D eigenvalue weighted by atomic mass is 10.1. The van der Waals surface area contributed by atoms with E-state index in [4.69, 9.17) is 0 Å². The smallest absolute Gasteiger partial charge is 0.374 e. The van der Waals surface area contributed by atoms with E-state index in [1.54, 1.807) is 0 Å². The first-order chi connectivity index (χ1) is 7.11. The van der Waals surface area contributed by atoms with Crippen LogP contribution in [-0.4, -0.2) is 23.0 Å². The van der Waals surface area contributed by atoms with Gasteiger partial charge in [0.05, 0.1) is 18.1 Å². The summed E-state index contributed by atoms with van der Waals surface area (Å²) in [6.45, 7) is 4.04. The van der Waals surface area contributed by atoms with E-state index in [-0.39, 0.29) is 5.82 Å². The predicted octanol–water partition coefficient (Wildman–Crippen LogP) is 1.97. The SMILES string of the molecule is COC(=O)c1nc2cc(C)c(C)cc2[nH]1. The third-order valence-corrected chi connectivity index (χ3v) is 2.48. The number of esters is 1. The number of nitrogens with zero attached hydrogens (tertiary/aromatic N) is 1. The van der Waals surface area contributed by atoms with Gasteiger partial charge in [-0.05, 0) is 37.1 Å². The molecule has 78 valence electrons. The Morgan fingerprint density at radius 2 is 2.00 bits per heavy atom. The lowest BCUT2D eigenvalue weighted by molar-refractivity contribution is 0.0588. The molecule has 0 unspecified atom stereocenters. The fourth-order valence-corrected chi connectivity index (χ4v) is 1.46. The van der Waals surface area contributed by atoms with Crippen molar-refractivity contribution in [3.8, 4) is 0 Å². The van der Waals surface area contributed by atoms with E-state index in [0.29, 0.717) is 0 Å². The minimum absolute atomic E-state index is 0.248. The van der Waals surface area contributed by atoms with E-state index >= 15 is 0 Å². The average molecular weight is 204 g/mol. The highest BCUT2D eigenvalue weighted by molar-refractivity contribution is 5.90. The summed E-state index contributed by atoms with van der Waals surface area (Å²) >= 11 is 0. The second kappa shape index (κ2) is 3.38. The van der Waals surface area contributed by atoms with Crippen molar-refractivity contribution >= 4 is 17.0 Å². The molecule has 2 rings (SSSR count). The Kier molecular flexibility index (Phi) is 2.19. The number of ether oxygens (including phenoxy) is 1. The van der Waals surface area contributed by atoms with Crippen LogP contribution in [0.1, 0.15) is 21.7 Å². The molecule has 1 N–H and O–H groups in total. The molecule has 2 aromatic rings. The molecule has 0 aliphatic heterocycles. The van der Waals surface area contributed by atoms with Gasteiger partial charge in [0, 0.05) is 0 Å². The van der Waals surface area contributed by atoms with Crippen molar-refractivity contribution in [1.82, 2.24) is 9.97 Å². The van der Waals surface area contributed by atoms with E-state index in [1.807, 2.05) is 26.0 Å². The maximum Gasteiger partial charge on any atom is 0.374 e. The van der Waals surface area contributed by atoms with Crippen LogP contribution in [0.4, 0.5) is 0 Å². The summed E-state index contributed by atoms with van der Waals surface area (Å²) < 4.78 is 4.59. The van der Waals surface area contributed by atoms with Crippen molar-refractivity contribution in [2.45, 2.75) is 13.8 Å². The molecular formula is C11H12N2O2. The molecular weight excluding hydrogens is 192 g/mol. The number of H-pyrrole nitrogens is 1. The summed E-state index contributed by atoms with van der Waals surface area (Å²) in [4.78, 5) is 18.3. The van der Waals surface area contributed by atoms with Gasteiger partial charge in [-0.25, -0.2) is 9.78 Å². The highest BCUT2D eigenvalue weighted by atomic mass is 16.5. The highest BCUT2D eigenvalue weighted by Gasteiger charge is 2.11. The van der Waals surface area contributed by atoms with E-state index in [0.717, 1.165) is 16.6 Å². The van der Waals surface area contributed by atoms with Gasteiger partial charge in [0.2, 0.25) is 5.82 Å². The van der Waals surface area contributed by atoms with Gasteiger partial charge in [-0.15, -0.1) is 0 Å². The summed E-state index contributed by atoms with van der Waals surface area (Å²) in [6.07, 6.45) is 0. The van der Waals surface area contributed by atoms with Crippen LogP contribution < -0.4 is 0 Å². The van der Waals surface area contributed by atoms with Crippen molar-refractivity contribution in [2.24, 2.45) is 0 Å². The molecule has 0 spiro atoms. The molecule has 0 aliphatic carbocycles. The second-order valence-electron chi connectivity index (χ2n) is 3.53. The lowest BCUT2D eigenvalue weighted by Crippen LogP contribution is -2.02. The number of methoxy groups -OCH3 is 1. The Balaban J connectivity index is 2.61. The molecule has 0 atom stereocenters. The molecule has 0 aliphatic rings. The average Bonchev–Trinajstić information content (AvgIpc) is 2.60.